The maximum Gasteiger partial charge on any atom is 0.370 e. The van der Waals surface area contributed by atoms with Crippen LogP contribution in [0.25, 0.3) is 0 Å². The van der Waals surface area contributed by atoms with E-state index in [1.807, 2.05) is 0 Å². The highest BCUT2D eigenvalue weighted by molar-refractivity contribution is 7.88. The molecule has 0 fully saturated rings. The fourth-order valence-corrected chi connectivity index (χ4v) is 1.52. The molecule has 1 aromatic rings. The van der Waals surface area contributed by atoms with Gasteiger partial charge in [0.15, 0.2) is 0 Å². The molecule has 1 aromatic heterocycles. The minimum Gasteiger partial charge on any atom is -0.481 e. The minimum absolute atomic E-state index is 0.0771. The van der Waals surface area contributed by atoms with E-state index < -0.39 is 22.3 Å². The molecule has 10 nitrogen and oxygen atoms in total. The molecule has 1 rings (SSSR count). The zero-order chi connectivity index (χ0) is 13.9. The van der Waals surface area contributed by atoms with Crippen molar-refractivity contribution >= 4 is 22.3 Å². The number of aromatic nitrogens is 2. The molecular weight excluding hydrogens is 268 g/mol. The standard InChI is InChI=1S/C7H10N4O6S/c1-16-4-3-5(17-2)10-7(9-4)11(6(8)12)18(13,14)15/h3H,1-2H3,(H2,8,12)(H,13,14,15). The summed E-state index contributed by atoms with van der Waals surface area (Å²) in [5, 5.41) is 0. The van der Waals surface area contributed by atoms with Crippen LogP contribution in [0.5, 0.6) is 11.8 Å². The largest absolute Gasteiger partial charge is 0.481 e. The van der Waals surface area contributed by atoms with Crippen LogP contribution in [-0.2, 0) is 10.3 Å². The van der Waals surface area contributed by atoms with Gasteiger partial charge in [-0.15, -0.1) is 4.31 Å². The number of carbonyl (C=O) groups is 1. The molecule has 0 bridgehead atoms. The van der Waals surface area contributed by atoms with Gasteiger partial charge in [0, 0.05) is 0 Å². The molecule has 1 heterocycles. The number of anilines is 1. The van der Waals surface area contributed by atoms with Gasteiger partial charge in [-0.25, -0.2) is 4.79 Å². The fourth-order valence-electron chi connectivity index (χ4n) is 1.01. The zero-order valence-electron chi connectivity index (χ0n) is 9.39. The first kappa shape index (κ1) is 13.9. The Labute approximate surface area is 102 Å². The van der Waals surface area contributed by atoms with Gasteiger partial charge in [0.25, 0.3) is 5.95 Å². The molecule has 2 amide bonds. The van der Waals surface area contributed by atoms with Crippen molar-refractivity contribution in [3.63, 3.8) is 0 Å². The molecule has 0 radical (unpaired) electrons. The first-order chi connectivity index (χ1) is 8.29. The highest BCUT2D eigenvalue weighted by Crippen LogP contribution is 2.21. The predicted molar refractivity (Wildman–Crippen MR) is 58.7 cm³/mol. The summed E-state index contributed by atoms with van der Waals surface area (Å²) in [6.07, 6.45) is 0. The van der Waals surface area contributed by atoms with E-state index in [-0.39, 0.29) is 16.1 Å². The average molecular weight is 278 g/mol. The van der Waals surface area contributed by atoms with Crippen LogP contribution in [0.4, 0.5) is 10.7 Å². The fraction of sp³-hybridized carbons (Fsp3) is 0.286. The number of hydrogen-bond donors (Lipinski definition) is 2. The van der Waals surface area contributed by atoms with Crippen molar-refractivity contribution in [2.24, 2.45) is 5.73 Å². The van der Waals surface area contributed by atoms with E-state index in [1.54, 1.807) is 0 Å². The lowest BCUT2D eigenvalue weighted by molar-refractivity contribution is 0.256. The minimum atomic E-state index is -4.94. The van der Waals surface area contributed by atoms with Crippen molar-refractivity contribution in [2.75, 3.05) is 18.5 Å². The second-order valence-corrected chi connectivity index (χ2v) is 4.09. The van der Waals surface area contributed by atoms with Crippen LogP contribution in [0.2, 0.25) is 0 Å². The average Bonchev–Trinajstić information content (AvgIpc) is 2.26. The summed E-state index contributed by atoms with van der Waals surface area (Å²) in [6, 6.07) is -0.236. The first-order valence-electron chi connectivity index (χ1n) is 4.34. The van der Waals surface area contributed by atoms with Crippen LogP contribution < -0.4 is 19.5 Å². The second kappa shape index (κ2) is 5.01. The number of amides is 2. The van der Waals surface area contributed by atoms with E-state index in [0.29, 0.717) is 0 Å². The number of hydrogen-bond acceptors (Lipinski definition) is 7. The number of methoxy groups -OCH3 is 2. The van der Waals surface area contributed by atoms with Gasteiger partial charge < -0.3 is 15.2 Å². The lowest BCUT2D eigenvalue weighted by Gasteiger charge is -2.15. The van der Waals surface area contributed by atoms with E-state index in [1.165, 1.54) is 20.3 Å². The van der Waals surface area contributed by atoms with Crippen LogP contribution in [0.15, 0.2) is 6.07 Å². The van der Waals surface area contributed by atoms with Crippen molar-refractivity contribution in [2.45, 2.75) is 0 Å². The summed E-state index contributed by atoms with van der Waals surface area (Å²) in [4.78, 5) is 18.1. The summed E-state index contributed by atoms with van der Waals surface area (Å²) in [5.74, 6) is -0.847. The second-order valence-electron chi connectivity index (χ2n) is 2.83. The van der Waals surface area contributed by atoms with Gasteiger partial charge in [-0.3, -0.25) is 4.55 Å². The molecule has 18 heavy (non-hydrogen) atoms. The Morgan fingerprint density at radius 1 is 1.33 bits per heavy atom. The Morgan fingerprint density at radius 2 is 1.78 bits per heavy atom. The topological polar surface area (TPSA) is 145 Å². The smallest absolute Gasteiger partial charge is 0.370 e. The lowest BCUT2D eigenvalue weighted by atomic mass is 10.6. The summed E-state index contributed by atoms with van der Waals surface area (Å²) in [5.41, 5.74) is 4.82. The molecule has 0 saturated carbocycles. The highest BCUT2D eigenvalue weighted by Gasteiger charge is 2.29. The molecule has 0 aliphatic carbocycles. The van der Waals surface area contributed by atoms with E-state index in [2.05, 4.69) is 9.97 Å². The monoisotopic (exact) mass is 278 g/mol. The van der Waals surface area contributed by atoms with Crippen molar-refractivity contribution in [3.8, 4) is 11.8 Å². The zero-order valence-corrected chi connectivity index (χ0v) is 10.2. The Kier molecular flexibility index (Phi) is 3.88. The number of carbonyl (C=O) groups excluding carboxylic acids is 1. The predicted octanol–water partition coefficient (Wildman–Crippen LogP) is -0.818. The van der Waals surface area contributed by atoms with Crippen molar-refractivity contribution in [1.82, 2.24) is 9.97 Å². The summed E-state index contributed by atoms with van der Waals surface area (Å²) in [6.45, 7) is 0. The number of rotatable bonds is 4. The maximum absolute atomic E-state index is 11.0. The number of primary amides is 1. The van der Waals surface area contributed by atoms with Gasteiger partial charge in [-0.2, -0.15) is 18.4 Å². The molecule has 100 valence electrons. The Balaban J connectivity index is 3.41. The molecule has 0 aromatic carbocycles. The molecule has 3 N–H and O–H groups in total. The highest BCUT2D eigenvalue weighted by atomic mass is 32.2. The van der Waals surface area contributed by atoms with E-state index in [4.69, 9.17) is 19.8 Å². The molecule has 0 aliphatic heterocycles. The third kappa shape index (κ3) is 2.95. The van der Waals surface area contributed by atoms with Gasteiger partial charge >= 0.3 is 16.3 Å². The van der Waals surface area contributed by atoms with E-state index in [0.717, 1.165) is 0 Å². The third-order valence-electron chi connectivity index (χ3n) is 1.70. The number of urea groups is 1. The van der Waals surface area contributed by atoms with Gasteiger partial charge in [-0.05, 0) is 0 Å². The van der Waals surface area contributed by atoms with Gasteiger partial charge in [0.1, 0.15) is 0 Å². The van der Waals surface area contributed by atoms with Crippen molar-refractivity contribution in [3.05, 3.63) is 6.07 Å². The van der Waals surface area contributed by atoms with Crippen LogP contribution in [0.1, 0.15) is 0 Å². The molecule has 11 heteroatoms. The number of nitrogens with zero attached hydrogens (tertiary/aromatic N) is 3. The normalized spacial score (nSPS) is 10.8. The summed E-state index contributed by atoms with van der Waals surface area (Å²) in [7, 11) is -2.43. The van der Waals surface area contributed by atoms with Crippen molar-refractivity contribution < 1.29 is 27.2 Å². The SMILES string of the molecule is COc1cc(OC)nc(N(C(N)=O)S(=O)(=O)O)n1. The lowest BCUT2D eigenvalue weighted by Crippen LogP contribution is -2.41. The van der Waals surface area contributed by atoms with Crippen molar-refractivity contribution in [1.29, 1.82) is 0 Å². The van der Waals surface area contributed by atoms with E-state index in [9.17, 15) is 13.2 Å². The molecule has 0 atom stereocenters. The summed E-state index contributed by atoms with van der Waals surface area (Å²) >= 11 is 0. The molecular formula is C7H10N4O6S. The Hall–Kier alpha value is -2.14. The number of ether oxygens (including phenoxy) is 2. The van der Waals surface area contributed by atoms with Gasteiger partial charge in [0.05, 0.1) is 20.3 Å². The van der Waals surface area contributed by atoms with Crippen LogP contribution >= 0.6 is 0 Å². The van der Waals surface area contributed by atoms with Crippen LogP contribution in [0, 0.1) is 0 Å². The quantitative estimate of drug-likeness (QED) is 0.679. The first-order valence-corrected chi connectivity index (χ1v) is 5.73. The Bertz CT molecular complexity index is 537. The molecule has 0 spiro atoms. The summed E-state index contributed by atoms with van der Waals surface area (Å²) < 4.78 is 40.2. The van der Waals surface area contributed by atoms with Gasteiger partial charge in [0.2, 0.25) is 11.8 Å². The number of nitrogens with two attached hydrogens (primary N) is 1. The third-order valence-corrected chi connectivity index (χ3v) is 2.50. The Morgan fingerprint density at radius 3 is 2.06 bits per heavy atom. The maximum atomic E-state index is 11.0. The van der Waals surface area contributed by atoms with Crippen LogP contribution in [0.3, 0.4) is 0 Å². The molecule has 0 unspecified atom stereocenters. The molecule has 0 aliphatic rings. The van der Waals surface area contributed by atoms with E-state index >= 15 is 0 Å². The van der Waals surface area contributed by atoms with Crippen LogP contribution in [-0.4, -0.2) is 43.2 Å². The van der Waals surface area contributed by atoms with Gasteiger partial charge in [-0.1, -0.05) is 0 Å². The molecule has 0 saturated heterocycles.